The molecule has 136 valence electrons. The van der Waals surface area contributed by atoms with Crippen LogP contribution in [0.3, 0.4) is 0 Å². The summed E-state index contributed by atoms with van der Waals surface area (Å²) in [4.78, 5) is 4.39. The molecule has 0 radical (unpaired) electrons. The maximum atomic E-state index is 6.02. The van der Waals surface area contributed by atoms with Crippen LogP contribution in [0.25, 0.3) is 28.7 Å². The molecule has 2 aromatic heterocycles. The Labute approximate surface area is 159 Å². The number of aromatic nitrogens is 5. The number of rotatable bonds is 5. The lowest BCUT2D eigenvalue weighted by Gasteiger charge is -2.07. The first kappa shape index (κ1) is 17.0. The van der Waals surface area contributed by atoms with Gasteiger partial charge in [0.1, 0.15) is 0 Å². The van der Waals surface area contributed by atoms with Gasteiger partial charge in [-0.2, -0.15) is 4.98 Å². The Balaban J connectivity index is 1.64. The third kappa shape index (κ3) is 3.34. The van der Waals surface area contributed by atoms with E-state index in [0.717, 1.165) is 5.69 Å². The van der Waals surface area contributed by atoms with E-state index in [9.17, 15) is 0 Å². The zero-order chi connectivity index (χ0) is 18.8. The predicted octanol–water partition coefficient (Wildman–Crippen LogP) is 3.65. The Morgan fingerprint density at radius 1 is 1.04 bits per heavy atom. The number of hydrogen-bond acceptors (Lipinski definition) is 7. The Morgan fingerprint density at radius 2 is 1.89 bits per heavy atom. The molecule has 4 aromatic rings. The first-order valence-corrected chi connectivity index (χ1v) is 8.30. The second-order valence-electron chi connectivity index (χ2n) is 5.52. The van der Waals surface area contributed by atoms with Crippen molar-refractivity contribution in [3.05, 3.63) is 53.7 Å². The fraction of sp³-hybridized carbons (Fsp3) is 0.111. The van der Waals surface area contributed by atoms with Crippen LogP contribution >= 0.6 is 11.6 Å². The lowest BCUT2D eigenvalue weighted by molar-refractivity contribution is 0.355. The minimum atomic E-state index is 0.327. The molecule has 0 saturated carbocycles. The number of halogens is 1. The summed E-state index contributed by atoms with van der Waals surface area (Å²) in [6, 6.07) is 12.6. The summed E-state index contributed by atoms with van der Waals surface area (Å²) in [5, 5.41) is 12.8. The van der Waals surface area contributed by atoms with Crippen LogP contribution < -0.4 is 9.47 Å². The minimum absolute atomic E-state index is 0.327. The zero-order valence-electron chi connectivity index (χ0n) is 14.5. The lowest BCUT2D eigenvalue weighted by atomic mass is 10.2. The van der Waals surface area contributed by atoms with Gasteiger partial charge >= 0.3 is 0 Å². The van der Waals surface area contributed by atoms with Gasteiger partial charge in [0.05, 0.1) is 26.1 Å². The predicted molar refractivity (Wildman–Crippen MR) is 98.2 cm³/mol. The van der Waals surface area contributed by atoms with Gasteiger partial charge in [0.15, 0.2) is 17.2 Å². The van der Waals surface area contributed by atoms with Crippen LogP contribution in [0.15, 0.2) is 53.2 Å². The maximum Gasteiger partial charge on any atom is 0.258 e. The molecule has 0 aliphatic carbocycles. The van der Waals surface area contributed by atoms with Crippen molar-refractivity contribution in [1.82, 2.24) is 25.1 Å². The Hall–Kier alpha value is -3.39. The summed E-state index contributed by atoms with van der Waals surface area (Å²) in [6.07, 6.45) is 1.70. The monoisotopic (exact) mass is 383 g/mol. The number of benzene rings is 2. The van der Waals surface area contributed by atoms with Crippen LogP contribution in [-0.2, 0) is 0 Å². The van der Waals surface area contributed by atoms with E-state index >= 15 is 0 Å². The smallest absolute Gasteiger partial charge is 0.258 e. The second-order valence-corrected chi connectivity index (χ2v) is 5.96. The summed E-state index contributed by atoms with van der Waals surface area (Å²) in [5.74, 6) is 1.85. The summed E-state index contributed by atoms with van der Waals surface area (Å²) in [7, 11) is 3.14. The lowest BCUT2D eigenvalue weighted by Crippen LogP contribution is -1.93. The molecule has 0 N–H and O–H groups in total. The number of nitrogens with zero attached hydrogens (tertiary/aromatic N) is 5. The summed E-state index contributed by atoms with van der Waals surface area (Å²) >= 11 is 6.02. The molecular formula is C18H14ClN5O3. The van der Waals surface area contributed by atoms with Crippen molar-refractivity contribution >= 4 is 11.6 Å². The molecule has 0 amide bonds. The van der Waals surface area contributed by atoms with Crippen molar-refractivity contribution in [2.24, 2.45) is 0 Å². The number of methoxy groups -OCH3 is 2. The van der Waals surface area contributed by atoms with E-state index in [2.05, 4.69) is 20.5 Å². The highest BCUT2D eigenvalue weighted by Crippen LogP contribution is 2.32. The van der Waals surface area contributed by atoms with E-state index in [4.69, 9.17) is 25.6 Å². The van der Waals surface area contributed by atoms with Gasteiger partial charge in [-0.25, -0.2) is 4.68 Å². The molecule has 0 unspecified atom stereocenters. The van der Waals surface area contributed by atoms with Crippen LogP contribution in [0.5, 0.6) is 11.5 Å². The topological polar surface area (TPSA) is 88.1 Å². The maximum absolute atomic E-state index is 6.02. The average molecular weight is 384 g/mol. The molecule has 0 aliphatic rings. The average Bonchev–Trinajstić information content (AvgIpc) is 3.37. The fourth-order valence-corrected chi connectivity index (χ4v) is 2.71. The molecule has 0 aliphatic heterocycles. The normalized spacial score (nSPS) is 10.8. The molecule has 27 heavy (non-hydrogen) atoms. The van der Waals surface area contributed by atoms with Crippen molar-refractivity contribution in [3.8, 4) is 40.2 Å². The highest BCUT2D eigenvalue weighted by Gasteiger charge is 2.16. The summed E-state index contributed by atoms with van der Waals surface area (Å²) in [6.45, 7) is 0. The molecule has 8 nitrogen and oxygen atoms in total. The Kier molecular flexibility index (Phi) is 4.47. The van der Waals surface area contributed by atoms with Gasteiger partial charge in [-0.15, -0.1) is 5.10 Å². The molecule has 0 atom stereocenters. The van der Waals surface area contributed by atoms with Gasteiger partial charge in [0.25, 0.3) is 5.89 Å². The van der Waals surface area contributed by atoms with Crippen molar-refractivity contribution in [1.29, 1.82) is 0 Å². The first-order chi connectivity index (χ1) is 13.2. The van der Waals surface area contributed by atoms with Crippen molar-refractivity contribution in [2.45, 2.75) is 0 Å². The third-order valence-electron chi connectivity index (χ3n) is 3.85. The van der Waals surface area contributed by atoms with Gasteiger partial charge in [0.2, 0.25) is 5.82 Å². The summed E-state index contributed by atoms with van der Waals surface area (Å²) < 4.78 is 17.5. The van der Waals surface area contributed by atoms with E-state index in [0.29, 0.717) is 39.5 Å². The van der Waals surface area contributed by atoms with Gasteiger partial charge in [-0.05, 0) is 36.4 Å². The van der Waals surface area contributed by atoms with E-state index in [1.807, 2.05) is 18.2 Å². The van der Waals surface area contributed by atoms with E-state index in [-0.39, 0.29) is 0 Å². The van der Waals surface area contributed by atoms with Crippen LogP contribution in [0, 0.1) is 0 Å². The molecule has 0 fully saturated rings. The molecular weight excluding hydrogens is 370 g/mol. The Bertz CT molecular complexity index is 1090. The standard InChI is InChI=1S/C18H14ClN5O3/c1-25-15-7-6-11(8-16(15)26-2)18-20-17(22-27-18)14-10-24(23-21-14)13-5-3-4-12(19)9-13/h3-10H,1-2H3. The Morgan fingerprint density at radius 3 is 2.67 bits per heavy atom. The first-order valence-electron chi connectivity index (χ1n) is 7.92. The summed E-state index contributed by atoms with van der Waals surface area (Å²) in [5.41, 5.74) is 1.96. The van der Waals surface area contributed by atoms with E-state index in [1.54, 1.807) is 49.4 Å². The van der Waals surface area contributed by atoms with Crippen molar-refractivity contribution in [3.63, 3.8) is 0 Å². The van der Waals surface area contributed by atoms with E-state index in [1.165, 1.54) is 0 Å². The van der Waals surface area contributed by atoms with Gasteiger partial charge in [0, 0.05) is 10.6 Å². The highest BCUT2D eigenvalue weighted by atomic mass is 35.5. The SMILES string of the molecule is COc1ccc(-c2nc(-c3cn(-c4cccc(Cl)c4)nn3)no2)cc1OC. The molecule has 0 saturated heterocycles. The third-order valence-corrected chi connectivity index (χ3v) is 4.09. The number of hydrogen-bond donors (Lipinski definition) is 0. The largest absolute Gasteiger partial charge is 0.493 e. The van der Waals surface area contributed by atoms with E-state index < -0.39 is 0 Å². The molecule has 9 heteroatoms. The second kappa shape index (κ2) is 7.08. The number of ether oxygens (including phenoxy) is 2. The minimum Gasteiger partial charge on any atom is -0.493 e. The van der Waals surface area contributed by atoms with Gasteiger partial charge in [-0.3, -0.25) is 0 Å². The zero-order valence-corrected chi connectivity index (χ0v) is 15.2. The highest BCUT2D eigenvalue weighted by molar-refractivity contribution is 6.30. The van der Waals surface area contributed by atoms with Crippen molar-refractivity contribution in [2.75, 3.05) is 14.2 Å². The molecule has 4 rings (SSSR count). The van der Waals surface area contributed by atoms with Crippen LogP contribution in [0.2, 0.25) is 5.02 Å². The van der Waals surface area contributed by atoms with Crippen LogP contribution in [-0.4, -0.2) is 39.4 Å². The molecule has 2 aromatic carbocycles. The fourth-order valence-electron chi connectivity index (χ4n) is 2.53. The molecule has 0 spiro atoms. The molecule has 0 bridgehead atoms. The van der Waals surface area contributed by atoms with Gasteiger partial charge < -0.3 is 14.0 Å². The van der Waals surface area contributed by atoms with Crippen LogP contribution in [0.4, 0.5) is 0 Å². The molecule has 2 heterocycles. The van der Waals surface area contributed by atoms with Crippen LogP contribution in [0.1, 0.15) is 0 Å². The van der Waals surface area contributed by atoms with Gasteiger partial charge in [-0.1, -0.05) is 28.0 Å². The quantitative estimate of drug-likeness (QED) is 0.519. The van der Waals surface area contributed by atoms with Crippen molar-refractivity contribution < 1.29 is 14.0 Å².